The fourth-order valence-corrected chi connectivity index (χ4v) is 1.38. The van der Waals surface area contributed by atoms with Crippen LogP contribution >= 0.6 is 0 Å². The summed E-state index contributed by atoms with van der Waals surface area (Å²) in [6.07, 6.45) is 0.260. The summed E-state index contributed by atoms with van der Waals surface area (Å²) in [7, 11) is 0. The molecule has 0 bridgehead atoms. The number of ether oxygens (including phenoxy) is 2. The van der Waals surface area contributed by atoms with Crippen molar-refractivity contribution in [1.82, 2.24) is 0 Å². The van der Waals surface area contributed by atoms with Crippen molar-refractivity contribution in [1.29, 1.82) is 5.41 Å². The fourth-order valence-electron chi connectivity index (χ4n) is 1.38. The normalized spacial score (nSPS) is 9.76. The van der Waals surface area contributed by atoms with Crippen molar-refractivity contribution < 1.29 is 14.3 Å². The van der Waals surface area contributed by atoms with Gasteiger partial charge in [-0.1, -0.05) is 12.1 Å². The van der Waals surface area contributed by atoms with E-state index in [1.807, 2.05) is 6.92 Å². The smallest absolute Gasteiger partial charge is 0.310 e. The van der Waals surface area contributed by atoms with Crippen molar-refractivity contribution in [2.45, 2.75) is 20.3 Å². The van der Waals surface area contributed by atoms with Gasteiger partial charge in [0.25, 0.3) is 0 Å². The molecule has 0 aromatic heterocycles. The molecule has 0 aliphatic heterocycles. The molecule has 0 saturated heterocycles. The summed E-state index contributed by atoms with van der Waals surface area (Å²) in [5.74, 6) is -0.0877. The zero-order chi connectivity index (χ0) is 12.7. The number of hydrogen-bond donors (Lipinski definition) is 1. The second kappa shape index (κ2) is 6.68. The van der Waals surface area contributed by atoms with Crippen LogP contribution in [0.2, 0.25) is 0 Å². The molecule has 0 radical (unpaired) electrons. The lowest BCUT2D eigenvalue weighted by Crippen LogP contribution is -2.08. The Morgan fingerprint density at radius 3 is 2.24 bits per heavy atom. The fraction of sp³-hybridized carbons (Fsp3) is 0.385. The Hall–Kier alpha value is -1.84. The number of rotatable bonds is 5. The van der Waals surface area contributed by atoms with E-state index in [0.29, 0.717) is 18.8 Å². The second-order valence-electron chi connectivity index (χ2n) is 3.44. The Bertz CT molecular complexity index is 384. The van der Waals surface area contributed by atoms with Crippen LogP contribution in [0.15, 0.2) is 24.3 Å². The molecule has 92 valence electrons. The van der Waals surface area contributed by atoms with Crippen LogP contribution in [-0.4, -0.2) is 25.1 Å². The van der Waals surface area contributed by atoms with Gasteiger partial charge in [-0.25, -0.2) is 0 Å². The molecular formula is C13H17NO3. The molecule has 0 unspecified atom stereocenters. The maximum atomic E-state index is 11.2. The van der Waals surface area contributed by atoms with Crippen LogP contribution in [0, 0.1) is 5.41 Å². The van der Waals surface area contributed by atoms with Crippen molar-refractivity contribution in [2.24, 2.45) is 0 Å². The lowest BCUT2D eigenvalue weighted by molar-refractivity contribution is -0.142. The lowest BCUT2D eigenvalue weighted by Gasteiger charge is -2.06. The van der Waals surface area contributed by atoms with Gasteiger partial charge in [0.1, 0.15) is 0 Å². The first-order valence-corrected chi connectivity index (χ1v) is 5.63. The van der Waals surface area contributed by atoms with E-state index in [1.165, 1.54) is 0 Å². The summed E-state index contributed by atoms with van der Waals surface area (Å²) in [6, 6.07) is 7.15. The molecule has 4 nitrogen and oxygen atoms in total. The minimum absolute atomic E-state index is 0.148. The van der Waals surface area contributed by atoms with E-state index in [0.717, 1.165) is 5.56 Å². The van der Waals surface area contributed by atoms with Gasteiger partial charge in [-0.2, -0.15) is 0 Å². The van der Waals surface area contributed by atoms with Crippen molar-refractivity contribution >= 4 is 11.9 Å². The molecule has 4 heteroatoms. The molecule has 1 aromatic rings. The quantitative estimate of drug-likeness (QED) is 0.483. The first kappa shape index (κ1) is 13.2. The third kappa shape index (κ3) is 4.26. The van der Waals surface area contributed by atoms with Crippen LogP contribution in [0.25, 0.3) is 0 Å². The zero-order valence-corrected chi connectivity index (χ0v) is 10.2. The van der Waals surface area contributed by atoms with Gasteiger partial charge in [0.15, 0.2) is 0 Å². The van der Waals surface area contributed by atoms with E-state index in [-0.39, 0.29) is 18.3 Å². The molecule has 0 fully saturated rings. The van der Waals surface area contributed by atoms with E-state index in [1.54, 1.807) is 31.2 Å². The Morgan fingerprint density at radius 2 is 1.71 bits per heavy atom. The highest BCUT2D eigenvalue weighted by atomic mass is 16.5. The van der Waals surface area contributed by atoms with Crippen LogP contribution < -0.4 is 0 Å². The summed E-state index contributed by atoms with van der Waals surface area (Å²) in [4.78, 5) is 11.2. The Morgan fingerprint density at radius 1 is 1.12 bits per heavy atom. The Labute approximate surface area is 101 Å². The molecule has 1 rings (SSSR count). The first-order valence-electron chi connectivity index (χ1n) is 5.63. The van der Waals surface area contributed by atoms with Gasteiger partial charge in [0, 0.05) is 5.56 Å². The molecule has 0 spiro atoms. The number of carbonyl (C=O) groups is 1. The number of esters is 1. The monoisotopic (exact) mass is 235 g/mol. The third-order valence-electron chi connectivity index (χ3n) is 2.16. The summed E-state index contributed by atoms with van der Waals surface area (Å²) in [5.41, 5.74) is 1.58. The Kier molecular flexibility index (Phi) is 5.20. The van der Waals surface area contributed by atoms with Crippen LogP contribution in [-0.2, 0) is 20.7 Å². The van der Waals surface area contributed by atoms with Gasteiger partial charge in [-0.3, -0.25) is 10.2 Å². The molecule has 1 N–H and O–H groups in total. The molecule has 0 heterocycles. The highest BCUT2D eigenvalue weighted by Gasteiger charge is 2.05. The van der Waals surface area contributed by atoms with Gasteiger partial charge in [-0.15, -0.1) is 0 Å². The first-order chi connectivity index (χ1) is 8.17. The number of carbonyl (C=O) groups excluding carboxylic acids is 1. The molecule has 0 aliphatic rings. The third-order valence-corrected chi connectivity index (χ3v) is 2.16. The molecule has 0 aliphatic carbocycles. The van der Waals surface area contributed by atoms with E-state index in [2.05, 4.69) is 0 Å². The van der Waals surface area contributed by atoms with Crippen LogP contribution in [0.5, 0.6) is 0 Å². The predicted octanol–water partition coefficient (Wildman–Crippen LogP) is 2.15. The van der Waals surface area contributed by atoms with Gasteiger partial charge >= 0.3 is 5.97 Å². The molecule has 0 saturated carbocycles. The SMILES string of the molecule is CCOC(=N)c1ccc(CC(=O)OCC)cc1. The average molecular weight is 235 g/mol. The van der Waals surface area contributed by atoms with E-state index >= 15 is 0 Å². The zero-order valence-electron chi connectivity index (χ0n) is 10.2. The predicted molar refractivity (Wildman–Crippen MR) is 65.2 cm³/mol. The minimum atomic E-state index is -0.236. The second-order valence-corrected chi connectivity index (χ2v) is 3.44. The molecular weight excluding hydrogens is 218 g/mol. The summed E-state index contributed by atoms with van der Waals surface area (Å²) < 4.78 is 9.94. The van der Waals surface area contributed by atoms with Crippen LogP contribution in [0.1, 0.15) is 25.0 Å². The molecule has 0 atom stereocenters. The number of nitrogens with one attached hydrogen (secondary N) is 1. The van der Waals surface area contributed by atoms with Gasteiger partial charge in [-0.05, 0) is 31.5 Å². The molecule has 0 amide bonds. The standard InChI is InChI=1S/C13H17NO3/c1-3-16-12(15)9-10-5-7-11(8-6-10)13(14)17-4-2/h5-8,14H,3-4,9H2,1-2H3. The van der Waals surface area contributed by atoms with E-state index in [9.17, 15) is 4.79 Å². The van der Waals surface area contributed by atoms with Crippen molar-refractivity contribution in [3.63, 3.8) is 0 Å². The highest BCUT2D eigenvalue weighted by molar-refractivity contribution is 5.91. The van der Waals surface area contributed by atoms with Gasteiger partial charge < -0.3 is 9.47 Å². The largest absolute Gasteiger partial charge is 0.478 e. The number of benzene rings is 1. The van der Waals surface area contributed by atoms with Gasteiger partial charge in [0.2, 0.25) is 5.90 Å². The summed E-state index contributed by atoms with van der Waals surface area (Å²) >= 11 is 0. The summed E-state index contributed by atoms with van der Waals surface area (Å²) in [6.45, 7) is 4.49. The van der Waals surface area contributed by atoms with Crippen molar-refractivity contribution in [2.75, 3.05) is 13.2 Å². The maximum absolute atomic E-state index is 11.2. The van der Waals surface area contributed by atoms with Gasteiger partial charge in [0.05, 0.1) is 19.6 Å². The minimum Gasteiger partial charge on any atom is -0.478 e. The summed E-state index contributed by atoms with van der Waals surface area (Å²) in [5, 5.41) is 7.59. The molecule has 1 aromatic carbocycles. The van der Waals surface area contributed by atoms with Crippen molar-refractivity contribution in [3.8, 4) is 0 Å². The van der Waals surface area contributed by atoms with E-state index in [4.69, 9.17) is 14.9 Å². The van der Waals surface area contributed by atoms with E-state index < -0.39 is 0 Å². The van der Waals surface area contributed by atoms with Crippen LogP contribution in [0.3, 0.4) is 0 Å². The number of hydrogen-bond acceptors (Lipinski definition) is 4. The highest BCUT2D eigenvalue weighted by Crippen LogP contribution is 2.07. The lowest BCUT2D eigenvalue weighted by atomic mass is 10.1. The average Bonchev–Trinajstić information content (AvgIpc) is 2.30. The molecule has 17 heavy (non-hydrogen) atoms. The topological polar surface area (TPSA) is 59.4 Å². The maximum Gasteiger partial charge on any atom is 0.310 e. The van der Waals surface area contributed by atoms with Crippen molar-refractivity contribution in [3.05, 3.63) is 35.4 Å². The van der Waals surface area contributed by atoms with Crippen LogP contribution in [0.4, 0.5) is 0 Å². The Balaban J connectivity index is 2.61.